The number of hydrogen-bond donors (Lipinski definition) is 1. The van der Waals surface area contributed by atoms with Gasteiger partial charge in [-0.25, -0.2) is 0 Å². The number of hydrogen-bond acceptors (Lipinski definition) is 2. The highest BCUT2D eigenvalue weighted by Gasteiger charge is 2.26. The summed E-state index contributed by atoms with van der Waals surface area (Å²) in [6.45, 7) is 2.60. The van der Waals surface area contributed by atoms with Crippen molar-refractivity contribution in [3.05, 3.63) is 33.8 Å². The van der Waals surface area contributed by atoms with Gasteiger partial charge in [-0.2, -0.15) is 0 Å². The van der Waals surface area contributed by atoms with Crippen LogP contribution in [-0.2, 0) is 11.2 Å². The smallest absolute Gasteiger partial charge is 0.227 e. The normalized spacial score (nSPS) is 18.9. The molecular formula is C14H18Cl2N2O. The Hall–Kier alpha value is -0.770. The number of nitrogens with zero attached hydrogens (tertiary/aromatic N) is 1. The van der Waals surface area contributed by atoms with Crippen molar-refractivity contribution in [2.45, 2.75) is 12.8 Å². The summed E-state index contributed by atoms with van der Waals surface area (Å²) in [6, 6.07) is 5.32. The standard InChI is InChI=1S/C14H18Cl2N2O/c1-17-8-10-5-6-18(9-10)14(19)7-11-12(15)3-2-4-13(11)16/h2-4,10,17H,5-9H2,1H3. The van der Waals surface area contributed by atoms with Gasteiger partial charge in [0, 0.05) is 23.1 Å². The zero-order chi connectivity index (χ0) is 13.8. The topological polar surface area (TPSA) is 32.3 Å². The minimum atomic E-state index is 0.105. The first-order valence-corrected chi connectivity index (χ1v) is 7.22. The van der Waals surface area contributed by atoms with Crippen LogP contribution in [0.25, 0.3) is 0 Å². The maximum atomic E-state index is 12.3. The van der Waals surface area contributed by atoms with Crippen molar-refractivity contribution >= 4 is 29.1 Å². The number of carbonyl (C=O) groups excluding carboxylic acids is 1. The number of likely N-dealkylation sites (tertiary alicyclic amines) is 1. The third-order valence-electron chi connectivity index (χ3n) is 3.52. The summed E-state index contributed by atoms with van der Waals surface area (Å²) in [4.78, 5) is 14.2. The molecule has 2 rings (SSSR count). The Kier molecular flexibility index (Phi) is 5.08. The van der Waals surface area contributed by atoms with E-state index in [0.717, 1.165) is 31.6 Å². The predicted octanol–water partition coefficient (Wildman–Crippen LogP) is 2.60. The molecule has 1 aromatic rings. The van der Waals surface area contributed by atoms with Gasteiger partial charge < -0.3 is 10.2 Å². The van der Waals surface area contributed by atoms with Gasteiger partial charge in [0.2, 0.25) is 5.91 Å². The molecule has 0 radical (unpaired) electrons. The maximum Gasteiger partial charge on any atom is 0.227 e. The Morgan fingerprint density at radius 1 is 1.42 bits per heavy atom. The van der Waals surface area contributed by atoms with Crippen molar-refractivity contribution in [2.24, 2.45) is 5.92 Å². The van der Waals surface area contributed by atoms with Gasteiger partial charge in [-0.15, -0.1) is 0 Å². The number of halogens is 2. The van der Waals surface area contributed by atoms with E-state index in [2.05, 4.69) is 5.32 Å². The molecule has 1 fully saturated rings. The van der Waals surface area contributed by atoms with Crippen molar-refractivity contribution in [3.63, 3.8) is 0 Å². The summed E-state index contributed by atoms with van der Waals surface area (Å²) < 4.78 is 0. The summed E-state index contributed by atoms with van der Waals surface area (Å²) in [5.41, 5.74) is 0.730. The van der Waals surface area contributed by atoms with Gasteiger partial charge in [0.1, 0.15) is 0 Å². The van der Waals surface area contributed by atoms with E-state index in [9.17, 15) is 4.79 Å². The molecule has 1 aliphatic rings. The molecule has 1 aromatic carbocycles. The fourth-order valence-corrected chi connectivity index (χ4v) is 3.01. The molecule has 19 heavy (non-hydrogen) atoms. The number of nitrogens with one attached hydrogen (secondary N) is 1. The second-order valence-corrected chi connectivity index (χ2v) is 5.74. The fourth-order valence-electron chi connectivity index (χ4n) is 2.48. The van der Waals surface area contributed by atoms with E-state index in [0.29, 0.717) is 16.0 Å². The lowest BCUT2D eigenvalue weighted by atomic mass is 10.1. The Labute approximate surface area is 123 Å². The molecule has 1 atom stereocenters. The van der Waals surface area contributed by atoms with E-state index in [4.69, 9.17) is 23.2 Å². The summed E-state index contributed by atoms with van der Waals surface area (Å²) >= 11 is 12.2. The van der Waals surface area contributed by atoms with Crippen LogP contribution >= 0.6 is 23.2 Å². The van der Waals surface area contributed by atoms with Gasteiger partial charge in [-0.1, -0.05) is 29.3 Å². The molecule has 1 aliphatic heterocycles. The average Bonchev–Trinajstić information content (AvgIpc) is 2.83. The molecule has 1 amide bonds. The quantitative estimate of drug-likeness (QED) is 0.927. The lowest BCUT2D eigenvalue weighted by Crippen LogP contribution is -2.31. The highest BCUT2D eigenvalue weighted by atomic mass is 35.5. The minimum Gasteiger partial charge on any atom is -0.342 e. The average molecular weight is 301 g/mol. The van der Waals surface area contributed by atoms with Crippen molar-refractivity contribution in [1.82, 2.24) is 10.2 Å². The van der Waals surface area contributed by atoms with Crippen LogP contribution in [0.5, 0.6) is 0 Å². The van der Waals surface area contributed by atoms with E-state index < -0.39 is 0 Å². The van der Waals surface area contributed by atoms with Gasteiger partial charge in [-0.3, -0.25) is 4.79 Å². The first kappa shape index (κ1) is 14.6. The molecule has 0 bridgehead atoms. The van der Waals surface area contributed by atoms with E-state index in [1.807, 2.05) is 11.9 Å². The van der Waals surface area contributed by atoms with E-state index in [1.54, 1.807) is 18.2 Å². The molecular weight excluding hydrogens is 283 g/mol. The summed E-state index contributed by atoms with van der Waals surface area (Å²) in [6.07, 6.45) is 1.34. The van der Waals surface area contributed by atoms with Crippen LogP contribution in [0, 0.1) is 5.92 Å². The molecule has 0 aromatic heterocycles. The third kappa shape index (κ3) is 3.62. The SMILES string of the molecule is CNCC1CCN(C(=O)Cc2c(Cl)cccc2Cl)C1. The largest absolute Gasteiger partial charge is 0.342 e. The first-order valence-electron chi connectivity index (χ1n) is 6.47. The Bertz CT molecular complexity index is 445. The van der Waals surface area contributed by atoms with E-state index in [-0.39, 0.29) is 12.3 Å². The molecule has 0 aliphatic carbocycles. The number of amides is 1. The van der Waals surface area contributed by atoms with Crippen LogP contribution in [0.4, 0.5) is 0 Å². The fraction of sp³-hybridized carbons (Fsp3) is 0.500. The second kappa shape index (κ2) is 6.60. The zero-order valence-electron chi connectivity index (χ0n) is 11.0. The highest BCUT2D eigenvalue weighted by Crippen LogP contribution is 2.26. The van der Waals surface area contributed by atoms with Gasteiger partial charge >= 0.3 is 0 Å². The summed E-state index contributed by atoms with van der Waals surface area (Å²) in [7, 11) is 1.94. The molecule has 0 saturated carbocycles. The van der Waals surface area contributed by atoms with Crippen LogP contribution in [0.15, 0.2) is 18.2 Å². The van der Waals surface area contributed by atoms with Crippen molar-refractivity contribution in [1.29, 1.82) is 0 Å². The molecule has 1 unspecified atom stereocenters. The predicted molar refractivity (Wildman–Crippen MR) is 78.8 cm³/mol. The number of benzene rings is 1. The van der Waals surface area contributed by atoms with Crippen LogP contribution in [-0.4, -0.2) is 37.5 Å². The summed E-state index contributed by atoms with van der Waals surface area (Å²) in [5, 5.41) is 4.28. The molecule has 5 heteroatoms. The van der Waals surface area contributed by atoms with E-state index >= 15 is 0 Å². The maximum absolute atomic E-state index is 12.3. The molecule has 104 valence electrons. The van der Waals surface area contributed by atoms with Crippen molar-refractivity contribution in [3.8, 4) is 0 Å². The molecule has 1 N–H and O–H groups in total. The van der Waals surface area contributed by atoms with E-state index in [1.165, 1.54) is 0 Å². The third-order valence-corrected chi connectivity index (χ3v) is 4.23. The lowest BCUT2D eigenvalue weighted by Gasteiger charge is -2.17. The number of rotatable bonds is 4. The Morgan fingerprint density at radius 2 is 2.11 bits per heavy atom. The van der Waals surface area contributed by atoms with Crippen LogP contribution in [0.3, 0.4) is 0 Å². The van der Waals surface area contributed by atoms with Crippen molar-refractivity contribution in [2.75, 3.05) is 26.7 Å². The Morgan fingerprint density at radius 3 is 2.74 bits per heavy atom. The van der Waals surface area contributed by atoms with Crippen LogP contribution in [0.2, 0.25) is 10.0 Å². The van der Waals surface area contributed by atoms with Gasteiger partial charge in [0.25, 0.3) is 0 Å². The molecule has 3 nitrogen and oxygen atoms in total. The first-order chi connectivity index (χ1) is 9.11. The monoisotopic (exact) mass is 300 g/mol. The lowest BCUT2D eigenvalue weighted by molar-refractivity contribution is -0.129. The summed E-state index contributed by atoms with van der Waals surface area (Å²) in [5.74, 6) is 0.657. The number of carbonyl (C=O) groups is 1. The van der Waals surface area contributed by atoms with Crippen LogP contribution < -0.4 is 5.32 Å². The molecule has 0 spiro atoms. The molecule has 1 saturated heterocycles. The molecule has 1 heterocycles. The van der Waals surface area contributed by atoms with Gasteiger partial charge in [-0.05, 0) is 43.6 Å². The second-order valence-electron chi connectivity index (χ2n) is 4.93. The minimum absolute atomic E-state index is 0.105. The highest BCUT2D eigenvalue weighted by molar-refractivity contribution is 6.36. The van der Waals surface area contributed by atoms with Crippen LogP contribution in [0.1, 0.15) is 12.0 Å². The van der Waals surface area contributed by atoms with Crippen molar-refractivity contribution < 1.29 is 4.79 Å². The van der Waals surface area contributed by atoms with Gasteiger partial charge in [0.15, 0.2) is 0 Å². The van der Waals surface area contributed by atoms with Gasteiger partial charge in [0.05, 0.1) is 6.42 Å². The Balaban J connectivity index is 1.98. The zero-order valence-corrected chi connectivity index (χ0v) is 12.5.